The van der Waals surface area contributed by atoms with E-state index in [1.807, 2.05) is 18.2 Å². The zero-order chi connectivity index (χ0) is 22.4. The monoisotopic (exact) mass is 487 g/mol. The molecule has 4 rings (SSSR count). The maximum Gasteiger partial charge on any atom is 0.243 e. The number of pyridine rings is 1. The van der Waals surface area contributed by atoms with E-state index in [0.29, 0.717) is 29.6 Å². The van der Waals surface area contributed by atoms with Gasteiger partial charge >= 0.3 is 0 Å². The number of thiocarbonyl (C=S) groups is 1. The number of hydrogen-bond acceptors (Lipinski definition) is 6. The van der Waals surface area contributed by atoms with Crippen LogP contribution in [0.2, 0.25) is 0 Å². The molecule has 0 atom stereocenters. The van der Waals surface area contributed by atoms with Gasteiger partial charge in [-0.2, -0.15) is 4.31 Å². The summed E-state index contributed by atoms with van der Waals surface area (Å²) in [5.74, 6) is 0. The Morgan fingerprint density at radius 1 is 1.06 bits per heavy atom. The molecule has 1 saturated heterocycles. The standard InChI is InChI=1S/C22H25N5O2S3/c28-32(29,27-12-10-26(11-13-27)17-20-4-2-14-31-20)21-7-5-19(6-8-21)25-22(30)24-16-18-3-1-9-23-15-18/h1-9,14-15H,10-13,16-17H2,(H2,24,25,30). The molecule has 0 unspecified atom stereocenters. The van der Waals surface area contributed by atoms with Gasteiger partial charge in [0.05, 0.1) is 4.90 Å². The highest BCUT2D eigenvalue weighted by molar-refractivity contribution is 7.89. The Bertz CT molecular complexity index is 1110. The highest BCUT2D eigenvalue weighted by Crippen LogP contribution is 2.21. The first kappa shape index (κ1) is 22.8. The van der Waals surface area contributed by atoms with Crippen LogP contribution in [-0.2, 0) is 23.1 Å². The molecule has 7 nitrogen and oxygen atoms in total. The number of hydrogen-bond donors (Lipinski definition) is 2. The summed E-state index contributed by atoms with van der Waals surface area (Å²) in [6.45, 7) is 3.89. The van der Waals surface area contributed by atoms with Gasteiger partial charge in [0.1, 0.15) is 0 Å². The van der Waals surface area contributed by atoms with Gasteiger partial charge in [0.25, 0.3) is 0 Å². The van der Waals surface area contributed by atoms with Crippen molar-refractivity contribution in [3.8, 4) is 0 Å². The van der Waals surface area contributed by atoms with E-state index in [0.717, 1.165) is 30.9 Å². The number of anilines is 1. The number of aromatic nitrogens is 1. The number of benzene rings is 1. The molecule has 0 radical (unpaired) electrons. The lowest BCUT2D eigenvalue weighted by Crippen LogP contribution is -2.48. The first-order chi connectivity index (χ1) is 15.5. The average molecular weight is 488 g/mol. The van der Waals surface area contributed by atoms with E-state index in [-0.39, 0.29) is 0 Å². The van der Waals surface area contributed by atoms with Crippen LogP contribution in [0.4, 0.5) is 5.69 Å². The van der Waals surface area contributed by atoms with Crippen LogP contribution in [0.1, 0.15) is 10.4 Å². The summed E-state index contributed by atoms with van der Waals surface area (Å²) < 4.78 is 27.7. The van der Waals surface area contributed by atoms with Gasteiger partial charge in [-0.25, -0.2) is 8.42 Å². The topological polar surface area (TPSA) is 77.6 Å². The predicted octanol–water partition coefficient (Wildman–Crippen LogP) is 3.14. The van der Waals surface area contributed by atoms with E-state index < -0.39 is 10.0 Å². The second-order valence-electron chi connectivity index (χ2n) is 7.45. The summed E-state index contributed by atoms with van der Waals surface area (Å²) in [5.41, 5.74) is 1.75. The fraction of sp³-hybridized carbons (Fsp3) is 0.273. The first-order valence-electron chi connectivity index (χ1n) is 10.3. The van der Waals surface area contributed by atoms with Gasteiger partial charge in [-0.3, -0.25) is 9.88 Å². The molecule has 3 heterocycles. The van der Waals surface area contributed by atoms with E-state index >= 15 is 0 Å². The van der Waals surface area contributed by atoms with Crippen LogP contribution in [0, 0.1) is 0 Å². The molecule has 3 aromatic rings. The van der Waals surface area contributed by atoms with Gasteiger partial charge in [0.2, 0.25) is 10.0 Å². The lowest BCUT2D eigenvalue weighted by Gasteiger charge is -2.33. The van der Waals surface area contributed by atoms with Gasteiger partial charge in [-0.15, -0.1) is 11.3 Å². The Morgan fingerprint density at radius 3 is 2.50 bits per heavy atom. The van der Waals surface area contributed by atoms with Crippen molar-refractivity contribution in [2.75, 3.05) is 31.5 Å². The number of rotatable bonds is 7. The smallest absolute Gasteiger partial charge is 0.243 e. The largest absolute Gasteiger partial charge is 0.358 e. The SMILES string of the molecule is O=S(=O)(c1ccc(NC(=S)NCc2cccnc2)cc1)N1CCN(Cc2cccs2)CC1. The van der Waals surface area contributed by atoms with Gasteiger partial charge < -0.3 is 10.6 Å². The number of nitrogens with one attached hydrogen (secondary N) is 2. The van der Waals surface area contributed by atoms with Crippen LogP contribution in [0.25, 0.3) is 0 Å². The lowest BCUT2D eigenvalue weighted by molar-refractivity contribution is 0.183. The van der Waals surface area contributed by atoms with E-state index in [9.17, 15) is 8.42 Å². The molecule has 1 fully saturated rings. The molecule has 0 saturated carbocycles. The normalized spacial score (nSPS) is 15.4. The van der Waals surface area contributed by atoms with Crippen molar-refractivity contribution in [1.82, 2.24) is 19.5 Å². The predicted molar refractivity (Wildman–Crippen MR) is 132 cm³/mol. The van der Waals surface area contributed by atoms with E-state index in [4.69, 9.17) is 12.2 Å². The molecular weight excluding hydrogens is 462 g/mol. The minimum absolute atomic E-state index is 0.295. The number of nitrogens with zero attached hydrogens (tertiary/aromatic N) is 3. The van der Waals surface area contributed by atoms with Crippen LogP contribution < -0.4 is 10.6 Å². The maximum absolute atomic E-state index is 13.0. The molecule has 1 aliphatic rings. The van der Waals surface area contributed by atoms with Gasteiger partial charge in [-0.1, -0.05) is 12.1 Å². The van der Waals surface area contributed by atoms with Crippen molar-refractivity contribution < 1.29 is 8.42 Å². The summed E-state index contributed by atoms with van der Waals surface area (Å²) in [5, 5.41) is 8.73. The molecule has 168 valence electrons. The third kappa shape index (κ3) is 5.90. The van der Waals surface area contributed by atoms with Crippen molar-refractivity contribution in [3.63, 3.8) is 0 Å². The van der Waals surface area contributed by atoms with Crippen LogP contribution in [0.15, 0.2) is 71.2 Å². The molecule has 32 heavy (non-hydrogen) atoms. The summed E-state index contributed by atoms with van der Waals surface area (Å²) in [6, 6.07) is 14.7. The number of sulfonamides is 1. The van der Waals surface area contributed by atoms with Crippen molar-refractivity contribution in [2.45, 2.75) is 18.0 Å². The van der Waals surface area contributed by atoms with Crippen molar-refractivity contribution >= 4 is 44.4 Å². The van der Waals surface area contributed by atoms with Crippen molar-refractivity contribution in [3.05, 3.63) is 76.7 Å². The van der Waals surface area contributed by atoms with Crippen LogP contribution in [0.5, 0.6) is 0 Å². The Labute approximate surface area is 198 Å². The van der Waals surface area contributed by atoms with E-state index in [1.54, 1.807) is 52.3 Å². The average Bonchev–Trinajstić information content (AvgIpc) is 3.32. The molecule has 2 aromatic heterocycles. The van der Waals surface area contributed by atoms with Crippen molar-refractivity contribution in [1.29, 1.82) is 0 Å². The summed E-state index contributed by atoms with van der Waals surface area (Å²) in [4.78, 5) is 7.97. The molecular formula is C22H25N5O2S3. The molecule has 0 spiro atoms. The zero-order valence-electron chi connectivity index (χ0n) is 17.5. The minimum atomic E-state index is -3.51. The highest BCUT2D eigenvalue weighted by atomic mass is 32.2. The lowest BCUT2D eigenvalue weighted by atomic mass is 10.3. The number of thiophene rings is 1. The summed E-state index contributed by atoms with van der Waals surface area (Å²) in [7, 11) is -3.51. The Morgan fingerprint density at radius 2 is 1.84 bits per heavy atom. The zero-order valence-corrected chi connectivity index (χ0v) is 19.9. The first-order valence-corrected chi connectivity index (χ1v) is 13.0. The van der Waals surface area contributed by atoms with Crippen LogP contribution >= 0.6 is 23.6 Å². The third-order valence-corrected chi connectivity index (χ3v) is 8.24. The van der Waals surface area contributed by atoms with Crippen molar-refractivity contribution in [2.24, 2.45) is 0 Å². The number of piperazine rings is 1. The maximum atomic E-state index is 13.0. The van der Waals surface area contributed by atoms with Gasteiger partial charge in [-0.05, 0) is 59.6 Å². The van der Waals surface area contributed by atoms with Gasteiger partial charge in [0, 0.05) is 62.2 Å². The minimum Gasteiger partial charge on any atom is -0.358 e. The van der Waals surface area contributed by atoms with Gasteiger partial charge in [0.15, 0.2) is 5.11 Å². The van der Waals surface area contributed by atoms with Crippen LogP contribution in [-0.4, -0.2) is 53.9 Å². The molecule has 10 heteroatoms. The van der Waals surface area contributed by atoms with Crippen LogP contribution in [0.3, 0.4) is 0 Å². The molecule has 0 bridgehead atoms. The fourth-order valence-corrected chi connectivity index (χ4v) is 5.83. The summed E-state index contributed by atoms with van der Waals surface area (Å²) in [6.07, 6.45) is 3.50. The molecule has 0 amide bonds. The molecule has 2 N–H and O–H groups in total. The molecule has 1 aliphatic heterocycles. The Hall–Kier alpha value is -2.37. The second kappa shape index (κ2) is 10.5. The highest BCUT2D eigenvalue weighted by Gasteiger charge is 2.28. The second-order valence-corrected chi connectivity index (χ2v) is 10.8. The molecule has 0 aliphatic carbocycles. The molecule has 1 aromatic carbocycles. The third-order valence-electron chi connectivity index (χ3n) is 5.22. The van der Waals surface area contributed by atoms with E-state index in [2.05, 4.69) is 32.0 Å². The Balaban J connectivity index is 1.29. The quantitative estimate of drug-likeness (QED) is 0.496. The fourth-order valence-electron chi connectivity index (χ4n) is 3.47. The Kier molecular flexibility index (Phi) is 7.48. The summed E-state index contributed by atoms with van der Waals surface area (Å²) >= 11 is 7.05. The van der Waals surface area contributed by atoms with E-state index in [1.165, 1.54) is 4.88 Å².